The molecule has 1 aliphatic heterocycles. The summed E-state index contributed by atoms with van der Waals surface area (Å²) in [5.41, 5.74) is 0.571. The van der Waals surface area contributed by atoms with Gasteiger partial charge in [-0.3, -0.25) is 9.59 Å². The Morgan fingerprint density at radius 1 is 1.30 bits per heavy atom. The van der Waals surface area contributed by atoms with Gasteiger partial charge in [0.15, 0.2) is 0 Å². The molecule has 20 heavy (non-hydrogen) atoms. The number of rotatable bonds is 3. The topological polar surface area (TPSA) is 61.4 Å². The molecule has 2 rings (SSSR count). The van der Waals surface area contributed by atoms with Gasteiger partial charge in [0.1, 0.15) is 0 Å². The molecule has 1 fully saturated rings. The fraction of sp³-hybridized carbons (Fsp3) is 0.467. The fourth-order valence-electron chi connectivity index (χ4n) is 2.36. The Morgan fingerprint density at radius 3 is 2.70 bits per heavy atom. The van der Waals surface area contributed by atoms with Crippen molar-refractivity contribution in [2.45, 2.75) is 25.9 Å². The molecular formula is C15H21N3O2. The molecule has 108 valence electrons. The van der Waals surface area contributed by atoms with Crippen LogP contribution in [0.25, 0.3) is 0 Å². The van der Waals surface area contributed by atoms with Gasteiger partial charge in [0.25, 0.3) is 5.91 Å². The van der Waals surface area contributed by atoms with Crippen molar-refractivity contribution in [3.63, 3.8) is 0 Å². The van der Waals surface area contributed by atoms with E-state index >= 15 is 0 Å². The number of carbonyl (C=O) groups is 2. The molecule has 0 radical (unpaired) electrons. The summed E-state index contributed by atoms with van der Waals surface area (Å²) in [4.78, 5) is 25.9. The summed E-state index contributed by atoms with van der Waals surface area (Å²) in [6.07, 6.45) is 0. The number of nitrogens with zero attached hydrogens (tertiary/aromatic N) is 1. The second kappa shape index (κ2) is 6.52. The summed E-state index contributed by atoms with van der Waals surface area (Å²) < 4.78 is 0. The first-order valence-corrected chi connectivity index (χ1v) is 6.95. The molecule has 1 aliphatic rings. The van der Waals surface area contributed by atoms with Crippen molar-refractivity contribution in [1.82, 2.24) is 15.5 Å². The predicted molar refractivity (Wildman–Crippen MR) is 77.4 cm³/mol. The second-order valence-corrected chi connectivity index (χ2v) is 5.12. The van der Waals surface area contributed by atoms with Crippen molar-refractivity contribution in [3.05, 3.63) is 35.9 Å². The lowest BCUT2D eigenvalue weighted by Crippen LogP contribution is -2.58. The van der Waals surface area contributed by atoms with E-state index in [1.165, 1.54) is 0 Å². The zero-order chi connectivity index (χ0) is 14.5. The predicted octanol–water partition coefficient (Wildman–Crippen LogP) is 0.625. The lowest BCUT2D eigenvalue weighted by molar-refractivity contribution is -0.133. The van der Waals surface area contributed by atoms with Gasteiger partial charge in [-0.1, -0.05) is 18.2 Å². The van der Waals surface area contributed by atoms with Gasteiger partial charge in [-0.25, -0.2) is 0 Å². The molecule has 1 heterocycles. The van der Waals surface area contributed by atoms with Crippen molar-refractivity contribution in [1.29, 1.82) is 0 Å². The number of amides is 2. The van der Waals surface area contributed by atoms with Crippen LogP contribution in [-0.2, 0) is 4.79 Å². The molecule has 0 saturated carbocycles. The summed E-state index contributed by atoms with van der Waals surface area (Å²) in [6, 6.07) is 9.34. The highest BCUT2D eigenvalue weighted by molar-refractivity contribution is 5.96. The standard InChI is InChI=1S/C15H21N3O2/c1-11-12(2)18(9-8-16-11)14(19)10-17-15(20)13-6-4-3-5-7-13/h3-7,11-12,16H,8-10H2,1-2H3,(H,17,20). The van der Waals surface area contributed by atoms with Crippen LogP contribution in [0.5, 0.6) is 0 Å². The van der Waals surface area contributed by atoms with Crippen molar-refractivity contribution in [3.8, 4) is 0 Å². The van der Waals surface area contributed by atoms with Gasteiger partial charge in [0.05, 0.1) is 6.54 Å². The number of nitrogens with one attached hydrogen (secondary N) is 2. The first-order chi connectivity index (χ1) is 9.59. The molecule has 0 spiro atoms. The van der Waals surface area contributed by atoms with E-state index in [-0.39, 0.29) is 30.4 Å². The molecule has 2 unspecified atom stereocenters. The molecule has 0 aliphatic carbocycles. The summed E-state index contributed by atoms with van der Waals surface area (Å²) >= 11 is 0. The van der Waals surface area contributed by atoms with Gasteiger partial charge in [-0.2, -0.15) is 0 Å². The second-order valence-electron chi connectivity index (χ2n) is 5.12. The van der Waals surface area contributed by atoms with Gasteiger partial charge < -0.3 is 15.5 Å². The van der Waals surface area contributed by atoms with Crippen molar-refractivity contribution in [2.75, 3.05) is 19.6 Å². The minimum absolute atomic E-state index is 0.0323. The van der Waals surface area contributed by atoms with Crippen LogP contribution in [0.1, 0.15) is 24.2 Å². The van der Waals surface area contributed by atoms with E-state index < -0.39 is 0 Å². The third kappa shape index (κ3) is 3.36. The van der Waals surface area contributed by atoms with Crippen LogP contribution in [0.15, 0.2) is 30.3 Å². The highest BCUT2D eigenvalue weighted by Crippen LogP contribution is 2.08. The summed E-state index contributed by atoms with van der Waals surface area (Å²) in [7, 11) is 0. The number of hydrogen-bond acceptors (Lipinski definition) is 3. The van der Waals surface area contributed by atoms with Crippen molar-refractivity contribution in [2.24, 2.45) is 0 Å². The van der Waals surface area contributed by atoms with Gasteiger partial charge in [-0.15, -0.1) is 0 Å². The van der Waals surface area contributed by atoms with E-state index in [0.29, 0.717) is 12.1 Å². The Hall–Kier alpha value is -1.88. The average Bonchev–Trinajstić information content (AvgIpc) is 2.48. The first-order valence-electron chi connectivity index (χ1n) is 6.95. The summed E-state index contributed by atoms with van der Waals surface area (Å²) in [6.45, 7) is 5.61. The SMILES string of the molecule is CC1NCCN(C(=O)CNC(=O)c2ccccc2)C1C. The molecule has 0 aromatic heterocycles. The van der Waals surface area contributed by atoms with E-state index in [9.17, 15) is 9.59 Å². The molecular weight excluding hydrogens is 254 g/mol. The maximum absolute atomic E-state index is 12.2. The zero-order valence-electron chi connectivity index (χ0n) is 11.9. The van der Waals surface area contributed by atoms with Gasteiger partial charge in [0.2, 0.25) is 5.91 Å². The molecule has 1 saturated heterocycles. The molecule has 2 atom stereocenters. The number of benzene rings is 1. The summed E-state index contributed by atoms with van der Waals surface area (Å²) in [5, 5.41) is 6.01. The van der Waals surface area contributed by atoms with Gasteiger partial charge >= 0.3 is 0 Å². The smallest absolute Gasteiger partial charge is 0.251 e. The fourth-order valence-corrected chi connectivity index (χ4v) is 2.36. The third-order valence-corrected chi connectivity index (χ3v) is 3.79. The quantitative estimate of drug-likeness (QED) is 0.850. The van der Waals surface area contributed by atoms with Crippen LogP contribution >= 0.6 is 0 Å². The summed E-state index contributed by atoms with van der Waals surface area (Å²) in [5.74, 6) is -0.245. The highest BCUT2D eigenvalue weighted by atomic mass is 16.2. The molecule has 0 bridgehead atoms. The van der Waals surface area contributed by atoms with E-state index in [2.05, 4.69) is 17.6 Å². The Kier molecular flexibility index (Phi) is 4.74. The Morgan fingerprint density at radius 2 is 2.00 bits per heavy atom. The average molecular weight is 275 g/mol. The van der Waals surface area contributed by atoms with E-state index in [4.69, 9.17) is 0 Å². The van der Waals surface area contributed by atoms with E-state index in [1.54, 1.807) is 24.3 Å². The number of carbonyl (C=O) groups excluding carboxylic acids is 2. The monoisotopic (exact) mass is 275 g/mol. The zero-order valence-corrected chi connectivity index (χ0v) is 11.9. The van der Waals surface area contributed by atoms with Crippen LogP contribution < -0.4 is 10.6 Å². The molecule has 1 aromatic rings. The minimum Gasteiger partial charge on any atom is -0.343 e. The maximum atomic E-state index is 12.2. The van der Waals surface area contributed by atoms with Crippen LogP contribution in [0.4, 0.5) is 0 Å². The lowest BCUT2D eigenvalue weighted by atomic mass is 10.1. The third-order valence-electron chi connectivity index (χ3n) is 3.79. The number of piperazine rings is 1. The van der Waals surface area contributed by atoms with Gasteiger partial charge in [-0.05, 0) is 26.0 Å². The largest absolute Gasteiger partial charge is 0.343 e. The molecule has 5 heteroatoms. The van der Waals surface area contributed by atoms with E-state index in [0.717, 1.165) is 6.54 Å². The Balaban J connectivity index is 1.87. The molecule has 2 amide bonds. The normalized spacial score (nSPS) is 22.4. The van der Waals surface area contributed by atoms with Crippen LogP contribution in [0.3, 0.4) is 0 Å². The maximum Gasteiger partial charge on any atom is 0.251 e. The first kappa shape index (κ1) is 14.5. The lowest BCUT2D eigenvalue weighted by Gasteiger charge is -2.38. The van der Waals surface area contributed by atoms with Crippen molar-refractivity contribution < 1.29 is 9.59 Å². The van der Waals surface area contributed by atoms with Gasteiger partial charge in [0, 0.05) is 30.7 Å². The van der Waals surface area contributed by atoms with Crippen LogP contribution in [-0.4, -0.2) is 48.4 Å². The molecule has 5 nitrogen and oxygen atoms in total. The Labute approximate surface area is 119 Å². The van der Waals surface area contributed by atoms with Crippen molar-refractivity contribution >= 4 is 11.8 Å². The highest BCUT2D eigenvalue weighted by Gasteiger charge is 2.27. The molecule has 1 aromatic carbocycles. The Bertz CT molecular complexity index is 475. The van der Waals surface area contributed by atoms with Crippen LogP contribution in [0.2, 0.25) is 0 Å². The number of hydrogen-bond donors (Lipinski definition) is 2. The van der Waals surface area contributed by atoms with Crippen LogP contribution in [0, 0.1) is 0 Å². The van der Waals surface area contributed by atoms with E-state index in [1.807, 2.05) is 17.9 Å². The molecule has 2 N–H and O–H groups in total. The minimum atomic E-state index is -0.213.